The number of benzene rings is 1. The van der Waals surface area contributed by atoms with Gasteiger partial charge in [0, 0.05) is 23.1 Å². The van der Waals surface area contributed by atoms with Gasteiger partial charge < -0.3 is 15.3 Å². The molecule has 0 saturated heterocycles. The number of aromatic amines is 2. The van der Waals surface area contributed by atoms with E-state index in [2.05, 4.69) is 20.3 Å². The molecule has 1 aliphatic heterocycles. The van der Waals surface area contributed by atoms with E-state index in [4.69, 9.17) is 0 Å². The van der Waals surface area contributed by atoms with E-state index >= 15 is 0 Å². The molecule has 2 aliphatic rings. The van der Waals surface area contributed by atoms with Crippen LogP contribution in [0.2, 0.25) is 0 Å². The molecule has 1 amide bonds. The lowest BCUT2D eigenvalue weighted by atomic mass is 9.90. The lowest BCUT2D eigenvalue weighted by molar-refractivity contribution is 0.0965. The predicted octanol–water partition coefficient (Wildman–Crippen LogP) is 1.61. The summed E-state index contributed by atoms with van der Waals surface area (Å²) in [6.45, 7) is 1.97. The van der Waals surface area contributed by atoms with Crippen LogP contribution in [-0.2, 0) is 6.54 Å². The van der Waals surface area contributed by atoms with E-state index < -0.39 is 0 Å². The molecule has 0 unspecified atom stereocenters. The highest BCUT2D eigenvalue weighted by Crippen LogP contribution is 2.38. The Bertz CT molecular complexity index is 1130. The summed E-state index contributed by atoms with van der Waals surface area (Å²) in [5.41, 5.74) is 4.04. The van der Waals surface area contributed by atoms with E-state index in [1.54, 1.807) is 13.3 Å². The molecular formula is C16H10N4O3. The number of carbonyl (C=O) groups is 3. The van der Waals surface area contributed by atoms with Crippen LogP contribution in [0.25, 0.3) is 21.9 Å². The van der Waals surface area contributed by atoms with Gasteiger partial charge in [-0.15, -0.1) is 0 Å². The number of carbonyl (C=O) groups excluding carboxylic acids is 3. The zero-order valence-corrected chi connectivity index (χ0v) is 12.0. The number of nitrogens with zero attached hydrogens (tertiary/aromatic N) is 1. The quantitative estimate of drug-likeness (QED) is 0.586. The summed E-state index contributed by atoms with van der Waals surface area (Å²) in [5.74, 6) is -0.733. The van der Waals surface area contributed by atoms with Crippen LogP contribution in [-0.4, -0.2) is 32.4 Å². The van der Waals surface area contributed by atoms with Crippen molar-refractivity contribution in [1.82, 2.24) is 20.3 Å². The highest BCUT2D eigenvalue weighted by molar-refractivity contribution is 6.33. The predicted molar refractivity (Wildman–Crippen MR) is 81.5 cm³/mol. The molecule has 2 aromatic heterocycles. The fourth-order valence-electron chi connectivity index (χ4n) is 3.54. The summed E-state index contributed by atoms with van der Waals surface area (Å²) in [4.78, 5) is 47.6. The van der Waals surface area contributed by atoms with Gasteiger partial charge in [-0.25, -0.2) is 4.98 Å². The fraction of sp³-hybridized carbons (Fsp3) is 0.125. The Labute approximate surface area is 128 Å². The van der Waals surface area contributed by atoms with E-state index in [9.17, 15) is 14.4 Å². The SMILES string of the molecule is CC1=CC(=O)c2[nH]c3c(c2C1=O)c1c(c2nc[nH]c23)CNC1=O. The molecule has 3 aromatic rings. The van der Waals surface area contributed by atoms with Gasteiger partial charge in [-0.05, 0) is 13.0 Å². The number of nitrogens with one attached hydrogen (secondary N) is 3. The number of amides is 1. The molecule has 3 N–H and O–H groups in total. The summed E-state index contributed by atoms with van der Waals surface area (Å²) >= 11 is 0. The Kier molecular flexibility index (Phi) is 2.01. The Balaban J connectivity index is 2.08. The Hall–Kier alpha value is -3.22. The van der Waals surface area contributed by atoms with Crippen molar-refractivity contribution in [1.29, 1.82) is 0 Å². The number of fused-ring (bicyclic) bond motifs is 8. The second-order valence-electron chi connectivity index (χ2n) is 5.81. The first-order valence-electron chi connectivity index (χ1n) is 7.17. The smallest absolute Gasteiger partial charge is 0.252 e. The minimum Gasteiger partial charge on any atom is -0.349 e. The third kappa shape index (κ3) is 1.30. The highest BCUT2D eigenvalue weighted by Gasteiger charge is 2.35. The van der Waals surface area contributed by atoms with Crippen molar-refractivity contribution >= 4 is 39.4 Å². The summed E-state index contributed by atoms with van der Waals surface area (Å²) in [7, 11) is 0. The number of hydrogen-bond acceptors (Lipinski definition) is 4. The van der Waals surface area contributed by atoms with Crippen LogP contribution < -0.4 is 5.32 Å². The molecule has 0 saturated carbocycles. The minimum atomic E-state index is -0.256. The van der Waals surface area contributed by atoms with Gasteiger partial charge in [-0.3, -0.25) is 14.4 Å². The van der Waals surface area contributed by atoms with Crippen molar-refractivity contribution in [2.75, 3.05) is 0 Å². The largest absolute Gasteiger partial charge is 0.349 e. The number of H-pyrrole nitrogens is 2. The molecule has 0 fully saturated rings. The number of imidazole rings is 1. The molecule has 7 heteroatoms. The number of Topliss-reactive ketones (excluding diaryl/α,β-unsaturated/α-hetero) is 1. The van der Waals surface area contributed by atoms with Gasteiger partial charge >= 0.3 is 0 Å². The number of aromatic nitrogens is 3. The molecule has 0 spiro atoms. The molecule has 1 aromatic carbocycles. The topological polar surface area (TPSA) is 108 Å². The zero-order chi connectivity index (χ0) is 15.9. The lowest BCUT2D eigenvalue weighted by Gasteiger charge is -2.09. The van der Waals surface area contributed by atoms with Crippen molar-refractivity contribution < 1.29 is 14.4 Å². The number of allylic oxidation sites excluding steroid dienone is 2. The number of rotatable bonds is 0. The monoisotopic (exact) mass is 306 g/mol. The van der Waals surface area contributed by atoms with Crippen molar-refractivity contribution in [2.45, 2.75) is 13.5 Å². The number of hydrogen-bond donors (Lipinski definition) is 3. The number of ketones is 2. The molecule has 5 rings (SSSR count). The van der Waals surface area contributed by atoms with E-state index in [0.29, 0.717) is 39.6 Å². The summed E-state index contributed by atoms with van der Waals surface area (Å²) < 4.78 is 0. The highest BCUT2D eigenvalue weighted by atomic mass is 16.2. The molecule has 0 bridgehead atoms. The van der Waals surface area contributed by atoms with Crippen LogP contribution in [0.15, 0.2) is 18.0 Å². The summed E-state index contributed by atoms with van der Waals surface area (Å²) in [6.07, 6.45) is 2.87. The fourth-order valence-corrected chi connectivity index (χ4v) is 3.54. The van der Waals surface area contributed by atoms with Gasteiger partial charge in [0.15, 0.2) is 5.78 Å². The van der Waals surface area contributed by atoms with E-state index in [0.717, 1.165) is 5.56 Å². The Morgan fingerprint density at radius 2 is 1.96 bits per heavy atom. The second-order valence-corrected chi connectivity index (χ2v) is 5.81. The van der Waals surface area contributed by atoms with Gasteiger partial charge in [0.25, 0.3) is 5.91 Å². The van der Waals surface area contributed by atoms with Crippen LogP contribution in [0.5, 0.6) is 0 Å². The van der Waals surface area contributed by atoms with Gasteiger partial charge in [0.2, 0.25) is 5.78 Å². The summed E-state index contributed by atoms with van der Waals surface area (Å²) in [5, 5.41) is 3.28. The molecule has 112 valence electrons. The molecule has 0 radical (unpaired) electrons. The maximum absolute atomic E-state index is 12.6. The average molecular weight is 306 g/mol. The molecular weight excluding hydrogens is 296 g/mol. The lowest BCUT2D eigenvalue weighted by Crippen LogP contribution is -2.16. The van der Waals surface area contributed by atoms with Crippen LogP contribution in [0, 0.1) is 0 Å². The molecule has 1 aliphatic carbocycles. The van der Waals surface area contributed by atoms with Crippen LogP contribution >= 0.6 is 0 Å². The maximum Gasteiger partial charge on any atom is 0.252 e. The second kappa shape index (κ2) is 3.75. The van der Waals surface area contributed by atoms with Crippen molar-refractivity contribution in [3.63, 3.8) is 0 Å². The molecule has 23 heavy (non-hydrogen) atoms. The Morgan fingerprint density at radius 1 is 1.13 bits per heavy atom. The van der Waals surface area contributed by atoms with E-state index in [-0.39, 0.29) is 28.7 Å². The van der Waals surface area contributed by atoms with Crippen LogP contribution in [0.3, 0.4) is 0 Å². The molecule has 0 atom stereocenters. The first-order valence-corrected chi connectivity index (χ1v) is 7.17. The first-order chi connectivity index (χ1) is 11.1. The van der Waals surface area contributed by atoms with Gasteiger partial charge in [0.1, 0.15) is 0 Å². The van der Waals surface area contributed by atoms with E-state index in [1.165, 1.54) is 6.08 Å². The van der Waals surface area contributed by atoms with Crippen LogP contribution in [0.1, 0.15) is 43.7 Å². The standard InChI is InChI=1S/C16H10N4O3/c1-5-2-7(21)12-10(15(5)22)9-8-6(3-17-16(8)23)11-14(13(9)20-12)19-4-18-11/h2,4,20H,3H2,1H3,(H,17,23)(H,18,19). The summed E-state index contributed by atoms with van der Waals surface area (Å²) in [6, 6.07) is 0. The van der Waals surface area contributed by atoms with Gasteiger partial charge in [-0.2, -0.15) is 0 Å². The van der Waals surface area contributed by atoms with Crippen molar-refractivity contribution in [2.24, 2.45) is 0 Å². The van der Waals surface area contributed by atoms with Crippen molar-refractivity contribution in [3.05, 3.63) is 40.4 Å². The van der Waals surface area contributed by atoms with Crippen molar-refractivity contribution in [3.8, 4) is 0 Å². The van der Waals surface area contributed by atoms with Crippen LogP contribution in [0.4, 0.5) is 0 Å². The molecule has 3 heterocycles. The molecule has 7 nitrogen and oxygen atoms in total. The van der Waals surface area contributed by atoms with Gasteiger partial charge in [0.05, 0.1) is 39.7 Å². The zero-order valence-electron chi connectivity index (χ0n) is 12.0. The third-order valence-electron chi connectivity index (χ3n) is 4.56. The minimum absolute atomic E-state index is 0.230. The maximum atomic E-state index is 12.6. The van der Waals surface area contributed by atoms with Gasteiger partial charge in [-0.1, -0.05) is 0 Å². The normalized spacial score (nSPS) is 16.7. The Morgan fingerprint density at radius 3 is 2.78 bits per heavy atom. The average Bonchev–Trinajstić information content (AvgIpc) is 3.20. The van der Waals surface area contributed by atoms with E-state index in [1.807, 2.05) is 0 Å². The first kappa shape index (κ1) is 12.3. The third-order valence-corrected chi connectivity index (χ3v) is 4.56.